The maximum atomic E-state index is 12.4. The zero-order chi connectivity index (χ0) is 23.2. The summed E-state index contributed by atoms with van der Waals surface area (Å²) in [5, 5.41) is 3.07. The normalized spacial score (nSPS) is 9.20. The molecule has 0 bridgehead atoms. The fourth-order valence-electron chi connectivity index (χ4n) is 1.94. The highest BCUT2D eigenvalue weighted by atomic mass is 19.1. The zero-order valence-corrected chi connectivity index (χ0v) is 19.3. The number of carbonyl (C=O) groups is 1. The summed E-state index contributed by atoms with van der Waals surface area (Å²) in [7, 11) is 1.97. The van der Waals surface area contributed by atoms with Gasteiger partial charge in [-0.1, -0.05) is 39.8 Å². The second-order valence-corrected chi connectivity index (χ2v) is 6.26. The van der Waals surface area contributed by atoms with Gasteiger partial charge in [0.25, 0.3) is 0 Å². The van der Waals surface area contributed by atoms with Crippen LogP contribution in [-0.2, 0) is 16.1 Å². The Morgan fingerprint density at radius 2 is 1.63 bits per heavy atom. The van der Waals surface area contributed by atoms with Gasteiger partial charge in [0, 0.05) is 5.69 Å². The SMILES string of the molecule is CC.CCOc1ccc(N)cc1.CNCC(C)C.O=CCOCc1ccc(F)cc1. The Morgan fingerprint density at radius 3 is 2.03 bits per heavy atom. The van der Waals surface area contributed by atoms with Gasteiger partial charge < -0.3 is 25.3 Å². The Morgan fingerprint density at radius 1 is 1.07 bits per heavy atom. The lowest BCUT2D eigenvalue weighted by Crippen LogP contribution is -2.12. The molecule has 30 heavy (non-hydrogen) atoms. The molecule has 0 amide bonds. The number of aldehydes is 1. The second-order valence-electron chi connectivity index (χ2n) is 6.26. The quantitative estimate of drug-likeness (QED) is 0.352. The van der Waals surface area contributed by atoms with E-state index in [0.717, 1.165) is 29.5 Å². The van der Waals surface area contributed by atoms with E-state index in [1.54, 1.807) is 12.1 Å². The first-order chi connectivity index (χ1) is 14.4. The van der Waals surface area contributed by atoms with E-state index in [0.29, 0.717) is 19.5 Å². The third kappa shape index (κ3) is 18.9. The summed E-state index contributed by atoms with van der Waals surface area (Å²) in [5.41, 5.74) is 7.09. The van der Waals surface area contributed by atoms with Crippen LogP contribution in [0.1, 0.15) is 40.2 Å². The van der Waals surface area contributed by atoms with Crippen molar-refractivity contribution < 1.29 is 18.7 Å². The molecule has 0 saturated carbocycles. The minimum Gasteiger partial charge on any atom is -0.494 e. The number of benzene rings is 2. The highest BCUT2D eigenvalue weighted by Crippen LogP contribution is 2.12. The van der Waals surface area contributed by atoms with E-state index in [1.165, 1.54) is 12.1 Å². The monoisotopic (exact) mass is 422 g/mol. The zero-order valence-electron chi connectivity index (χ0n) is 19.3. The highest BCUT2D eigenvalue weighted by molar-refractivity contribution is 5.50. The Kier molecular flexibility index (Phi) is 21.1. The van der Waals surface area contributed by atoms with E-state index in [2.05, 4.69) is 19.2 Å². The van der Waals surface area contributed by atoms with Crippen molar-refractivity contribution >= 4 is 12.0 Å². The maximum Gasteiger partial charge on any atom is 0.145 e. The first-order valence-corrected chi connectivity index (χ1v) is 10.3. The molecular weight excluding hydrogens is 383 g/mol. The average Bonchev–Trinajstić information content (AvgIpc) is 2.74. The predicted octanol–water partition coefficient (Wildman–Crippen LogP) is 5.10. The summed E-state index contributed by atoms with van der Waals surface area (Å²) in [4.78, 5) is 9.86. The first kappa shape index (κ1) is 29.8. The number of hydrogen-bond donors (Lipinski definition) is 2. The fourth-order valence-corrected chi connectivity index (χ4v) is 1.94. The minimum absolute atomic E-state index is 0.0807. The van der Waals surface area contributed by atoms with Gasteiger partial charge in [0.2, 0.25) is 0 Å². The van der Waals surface area contributed by atoms with Crippen LogP contribution in [0.4, 0.5) is 10.1 Å². The molecule has 2 aromatic rings. The maximum absolute atomic E-state index is 12.4. The van der Waals surface area contributed by atoms with Crippen LogP contribution < -0.4 is 15.8 Å². The summed E-state index contributed by atoms with van der Waals surface area (Å²) in [6, 6.07) is 13.3. The van der Waals surface area contributed by atoms with Gasteiger partial charge >= 0.3 is 0 Å². The summed E-state index contributed by atoms with van der Waals surface area (Å²) in [6.45, 7) is 12.6. The van der Waals surface area contributed by atoms with E-state index < -0.39 is 0 Å². The molecule has 0 aromatic heterocycles. The third-order valence-electron chi connectivity index (χ3n) is 3.17. The van der Waals surface area contributed by atoms with Crippen molar-refractivity contribution in [2.45, 2.75) is 41.2 Å². The minimum atomic E-state index is -0.269. The van der Waals surface area contributed by atoms with Crippen LogP contribution in [0.25, 0.3) is 0 Å². The molecule has 3 N–H and O–H groups in total. The summed E-state index contributed by atoms with van der Waals surface area (Å²) >= 11 is 0. The topological polar surface area (TPSA) is 73.6 Å². The molecule has 5 nitrogen and oxygen atoms in total. The number of nitrogen functional groups attached to an aromatic ring is 1. The molecule has 2 aromatic carbocycles. The van der Waals surface area contributed by atoms with Crippen LogP contribution in [0.3, 0.4) is 0 Å². The van der Waals surface area contributed by atoms with E-state index in [-0.39, 0.29) is 12.4 Å². The van der Waals surface area contributed by atoms with Crippen molar-refractivity contribution in [2.75, 3.05) is 32.5 Å². The molecule has 0 saturated heterocycles. The molecule has 0 aliphatic rings. The van der Waals surface area contributed by atoms with Gasteiger partial charge in [-0.05, 0) is 68.4 Å². The number of ether oxygens (including phenoxy) is 2. The molecule has 0 radical (unpaired) electrons. The van der Waals surface area contributed by atoms with Crippen molar-refractivity contribution in [1.29, 1.82) is 0 Å². The predicted molar refractivity (Wildman–Crippen MR) is 124 cm³/mol. The van der Waals surface area contributed by atoms with Crippen molar-refractivity contribution in [2.24, 2.45) is 5.92 Å². The number of nitrogens with one attached hydrogen (secondary N) is 1. The molecule has 6 heteroatoms. The van der Waals surface area contributed by atoms with Gasteiger partial charge in [-0.2, -0.15) is 0 Å². The number of rotatable bonds is 8. The van der Waals surface area contributed by atoms with E-state index in [1.807, 2.05) is 52.1 Å². The second kappa shape index (κ2) is 21.3. The van der Waals surface area contributed by atoms with E-state index in [4.69, 9.17) is 15.2 Å². The number of anilines is 1. The van der Waals surface area contributed by atoms with Crippen molar-refractivity contribution in [3.8, 4) is 5.75 Å². The van der Waals surface area contributed by atoms with Crippen LogP contribution >= 0.6 is 0 Å². The van der Waals surface area contributed by atoms with Crippen LogP contribution in [-0.4, -0.2) is 33.1 Å². The largest absolute Gasteiger partial charge is 0.494 e. The van der Waals surface area contributed by atoms with Crippen LogP contribution in [0.5, 0.6) is 5.75 Å². The lowest BCUT2D eigenvalue weighted by molar-refractivity contribution is -0.112. The first-order valence-electron chi connectivity index (χ1n) is 10.3. The van der Waals surface area contributed by atoms with E-state index >= 15 is 0 Å². The molecule has 0 unspecified atom stereocenters. The molecular formula is C24H39FN2O3. The highest BCUT2D eigenvalue weighted by Gasteiger charge is 1.93. The lowest BCUT2D eigenvalue weighted by Gasteiger charge is -2.01. The standard InChI is InChI=1S/C9H9FO2.C8H11NO.C5H13N.C2H6/c10-9-3-1-8(2-4-9)7-12-6-5-11;1-2-10-8-5-3-7(9)4-6-8;1-5(2)4-6-3;1-2/h1-5H,6-7H2;3-6H,2,9H2,1H3;5-6H,4H2,1-3H3;1-2H3. The van der Waals surface area contributed by atoms with Gasteiger partial charge in [-0.15, -0.1) is 0 Å². The molecule has 0 aliphatic heterocycles. The van der Waals surface area contributed by atoms with Gasteiger partial charge in [-0.3, -0.25) is 0 Å². The van der Waals surface area contributed by atoms with E-state index in [9.17, 15) is 9.18 Å². The Hall–Kier alpha value is -2.44. The van der Waals surface area contributed by atoms with Crippen LogP contribution in [0, 0.1) is 11.7 Å². The van der Waals surface area contributed by atoms with Crippen molar-refractivity contribution in [3.63, 3.8) is 0 Å². The van der Waals surface area contributed by atoms with Crippen molar-refractivity contribution in [3.05, 3.63) is 59.9 Å². The molecule has 0 heterocycles. The smallest absolute Gasteiger partial charge is 0.145 e. The summed E-state index contributed by atoms with van der Waals surface area (Å²) < 4.78 is 22.5. The molecule has 0 fully saturated rings. The molecule has 0 atom stereocenters. The molecule has 2 rings (SSSR count). The Labute approximate surface area is 181 Å². The Balaban J connectivity index is 0. The third-order valence-corrected chi connectivity index (χ3v) is 3.17. The van der Waals surface area contributed by atoms with Crippen LogP contribution in [0.15, 0.2) is 48.5 Å². The fraction of sp³-hybridized carbons (Fsp3) is 0.458. The number of hydrogen-bond acceptors (Lipinski definition) is 5. The van der Waals surface area contributed by atoms with Crippen molar-refractivity contribution in [1.82, 2.24) is 5.32 Å². The Bertz CT molecular complexity index is 617. The van der Waals surface area contributed by atoms with Gasteiger partial charge in [0.05, 0.1) is 13.2 Å². The molecule has 170 valence electrons. The van der Waals surface area contributed by atoms with Gasteiger partial charge in [0.1, 0.15) is 24.5 Å². The van der Waals surface area contributed by atoms with Gasteiger partial charge in [0.15, 0.2) is 0 Å². The summed E-state index contributed by atoms with van der Waals surface area (Å²) in [6.07, 6.45) is 0.684. The summed E-state index contributed by atoms with van der Waals surface area (Å²) in [5.74, 6) is 1.39. The molecule has 0 spiro atoms. The molecule has 0 aliphatic carbocycles. The van der Waals surface area contributed by atoms with Gasteiger partial charge in [-0.25, -0.2) is 4.39 Å². The average molecular weight is 423 g/mol. The number of nitrogens with two attached hydrogens (primary N) is 1. The number of halogens is 1. The lowest BCUT2D eigenvalue weighted by atomic mass is 10.2. The number of carbonyl (C=O) groups excluding carboxylic acids is 1. The van der Waals surface area contributed by atoms with Crippen LogP contribution in [0.2, 0.25) is 0 Å².